The summed E-state index contributed by atoms with van der Waals surface area (Å²) in [6, 6.07) is 0. The lowest BCUT2D eigenvalue weighted by Gasteiger charge is -2.42. The third-order valence-electron chi connectivity index (χ3n) is 5.08. The third kappa shape index (κ3) is 5.21. The van der Waals surface area contributed by atoms with Gasteiger partial charge >= 0.3 is 0 Å². The van der Waals surface area contributed by atoms with Crippen molar-refractivity contribution in [1.29, 1.82) is 0 Å². The van der Waals surface area contributed by atoms with Crippen molar-refractivity contribution in [3.63, 3.8) is 0 Å². The van der Waals surface area contributed by atoms with Crippen LogP contribution in [0.2, 0.25) is 0 Å². The van der Waals surface area contributed by atoms with Gasteiger partial charge in [0.15, 0.2) is 0 Å². The minimum atomic E-state index is 0.770. The molecular weight excluding hydrogens is 244 g/mol. The van der Waals surface area contributed by atoms with Gasteiger partial charge in [-0.25, -0.2) is 0 Å². The minimum absolute atomic E-state index is 0.770. The summed E-state index contributed by atoms with van der Waals surface area (Å²) in [5, 5.41) is 0. The van der Waals surface area contributed by atoms with Gasteiger partial charge in [0.1, 0.15) is 0 Å². The highest BCUT2D eigenvalue weighted by Crippen LogP contribution is 2.45. The van der Waals surface area contributed by atoms with Gasteiger partial charge in [0.25, 0.3) is 0 Å². The van der Waals surface area contributed by atoms with Crippen LogP contribution >= 0.6 is 0 Å². The van der Waals surface area contributed by atoms with Crippen LogP contribution in [-0.4, -0.2) is 13.1 Å². The van der Waals surface area contributed by atoms with Crippen LogP contribution < -0.4 is 11.5 Å². The van der Waals surface area contributed by atoms with Crippen molar-refractivity contribution in [1.82, 2.24) is 0 Å². The van der Waals surface area contributed by atoms with Crippen LogP contribution in [-0.2, 0) is 0 Å². The number of nitrogens with two attached hydrogens (primary N) is 2. The van der Waals surface area contributed by atoms with E-state index in [1.807, 2.05) is 0 Å². The number of hydrogen-bond acceptors (Lipinski definition) is 2. The van der Waals surface area contributed by atoms with E-state index >= 15 is 0 Å². The molecule has 1 saturated carbocycles. The maximum Gasteiger partial charge on any atom is -0.00745 e. The molecular formula is C18H36N2. The summed E-state index contributed by atoms with van der Waals surface area (Å²) in [5.41, 5.74) is 11.6. The van der Waals surface area contributed by atoms with E-state index in [0.29, 0.717) is 0 Å². The standard InChI is InChI=1S/C18H36N2/c1-3-5-8-17-15(7-4-2)10-11-16(12-14-20)18(17)9-6-13-19/h5,8,15-18H,3-4,6-7,9-14,19-20H2,1-2H3. The summed E-state index contributed by atoms with van der Waals surface area (Å²) >= 11 is 0. The summed E-state index contributed by atoms with van der Waals surface area (Å²) in [4.78, 5) is 0. The number of allylic oxidation sites excluding steroid dienone is 2. The van der Waals surface area contributed by atoms with Crippen molar-refractivity contribution >= 4 is 0 Å². The first kappa shape index (κ1) is 17.7. The maximum absolute atomic E-state index is 5.85. The second-order valence-electron chi connectivity index (χ2n) is 6.47. The molecule has 1 aliphatic carbocycles. The monoisotopic (exact) mass is 280 g/mol. The first-order chi connectivity index (χ1) is 9.78. The van der Waals surface area contributed by atoms with Crippen LogP contribution in [0.3, 0.4) is 0 Å². The molecule has 0 heterocycles. The van der Waals surface area contributed by atoms with Gasteiger partial charge in [0, 0.05) is 0 Å². The van der Waals surface area contributed by atoms with Gasteiger partial charge in [0.2, 0.25) is 0 Å². The fourth-order valence-corrected chi connectivity index (χ4v) is 4.15. The summed E-state index contributed by atoms with van der Waals surface area (Å²) in [6.07, 6.45) is 15.2. The molecule has 0 saturated heterocycles. The summed E-state index contributed by atoms with van der Waals surface area (Å²) in [7, 11) is 0. The van der Waals surface area contributed by atoms with Crippen molar-refractivity contribution in [3.8, 4) is 0 Å². The van der Waals surface area contributed by atoms with E-state index in [2.05, 4.69) is 26.0 Å². The second kappa shape index (κ2) is 10.4. The van der Waals surface area contributed by atoms with Gasteiger partial charge < -0.3 is 11.5 Å². The fraction of sp³-hybridized carbons (Fsp3) is 0.889. The lowest BCUT2D eigenvalue weighted by Crippen LogP contribution is -2.35. The van der Waals surface area contributed by atoms with E-state index in [4.69, 9.17) is 11.5 Å². The molecule has 4 N–H and O–H groups in total. The smallest absolute Gasteiger partial charge is 0.00745 e. The molecule has 2 heteroatoms. The third-order valence-corrected chi connectivity index (χ3v) is 5.08. The molecule has 1 fully saturated rings. The van der Waals surface area contributed by atoms with E-state index in [1.165, 1.54) is 44.9 Å². The van der Waals surface area contributed by atoms with Crippen LogP contribution in [0.1, 0.15) is 65.2 Å². The Balaban J connectivity index is 2.82. The van der Waals surface area contributed by atoms with Crippen molar-refractivity contribution in [2.45, 2.75) is 65.2 Å². The molecule has 0 bridgehead atoms. The van der Waals surface area contributed by atoms with Gasteiger partial charge in [-0.2, -0.15) is 0 Å². The first-order valence-corrected chi connectivity index (χ1v) is 8.85. The molecule has 1 rings (SSSR count). The highest BCUT2D eigenvalue weighted by atomic mass is 14.5. The van der Waals surface area contributed by atoms with Crippen molar-refractivity contribution < 1.29 is 0 Å². The molecule has 0 radical (unpaired) electrons. The summed E-state index contributed by atoms with van der Waals surface area (Å²) < 4.78 is 0. The zero-order chi connectivity index (χ0) is 14.8. The van der Waals surface area contributed by atoms with Crippen LogP contribution in [0.4, 0.5) is 0 Å². The Hall–Kier alpha value is -0.340. The number of hydrogen-bond donors (Lipinski definition) is 2. The molecule has 0 aromatic carbocycles. The Bertz CT molecular complexity index is 262. The van der Waals surface area contributed by atoms with Crippen molar-refractivity contribution in [2.75, 3.05) is 13.1 Å². The van der Waals surface area contributed by atoms with Crippen molar-refractivity contribution in [3.05, 3.63) is 12.2 Å². The minimum Gasteiger partial charge on any atom is -0.330 e. The molecule has 0 aromatic rings. The molecule has 4 unspecified atom stereocenters. The molecule has 118 valence electrons. The Labute approximate surface area is 126 Å². The first-order valence-electron chi connectivity index (χ1n) is 8.85. The lowest BCUT2D eigenvalue weighted by atomic mass is 9.63. The van der Waals surface area contributed by atoms with Gasteiger partial charge in [-0.05, 0) is 75.3 Å². The molecule has 0 spiro atoms. The SMILES string of the molecule is CCC=CC1C(CCC)CCC(CCN)C1CCCN. The average Bonchev–Trinajstić information content (AvgIpc) is 2.46. The molecule has 0 amide bonds. The van der Waals surface area contributed by atoms with Crippen LogP contribution in [0, 0.1) is 23.7 Å². The molecule has 1 aliphatic rings. The molecule has 2 nitrogen and oxygen atoms in total. The van der Waals surface area contributed by atoms with E-state index < -0.39 is 0 Å². The lowest BCUT2D eigenvalue weighted by molar-refractivity contribution is 0.101. The Morgan fingerprint density at radius 1 is 0.950 bits per heavy atom. The Morgan fingerprint density at radius 2 is 1.70 bits per heavy atom. The summed E-state index contributed by atoms with van der Waals surface area (Å²) in [5.74, 6) is 3.30. The Kier molecular flexibility index (Phi) is 9.21. The van der Waals surface area contributed by atoms with E-state index in [0.717, 1.165) is 43.2 Å². The van der Waals surface area contributed by atoms with Gasteiger partial charge in [0.05, 0.1) is 0 Å². The maximum atomic E-state index is 5.85. The predicted molar refractivity (Wildman–Crippen MR) is 89.5 cm³/mol. The molecule has 0 aliphatic heterocycles. The molecule has 0 aromatic heterocycles. The zero-order valence-corrected chi connectivity index (χ0v) is 13.7. The molecule has 20 heavy (non-hydrogen) atoms. The highest BCUT2D eigenvalue weighted by molar-refractivity contribution is 4.99. The van der Waals surface area contributed by atoms with Gasteiger partial charge in [-0.15, -0.1) is 0 Å². The number of rotatable bonds is 9. The normalized spacial score (nSPS) is 31.0. The van der Waals surface area contributed by atoms with E-state index in [9.17, 15) is 0 Å². The van der Waals surface area contributed by atoms with Gasteiger partial charge in [-0.1, -0.05) is 38.8 Å². The zero-order valence-electron chi connectivity index (χ0n) is 13.7. The van der Waals surface area contributed by atoms with Crippen LogP contribution in [0.15, 0.2) is 12.2 Å². The largest absolute Gasteiger partial charge is 0.330 e. The molecule has 4 atom stereocenters. The van der Waals surface area contributed by atoms with Crippen molar-refractivity contribution in [2.24, 2.45) is 35.1 Å². The quantitative estimate of drug-likeness (QED) is 0.625. The van der Waals surface area contributed by atoms with Gasteiger partial charge in [-0.3, -0.25) is 0 Å². The Morgan fingerprint density at radius 3 is 2.30 bits per heavy atom. The predicted octanol–water partition coefficient (Wildman–Crippen LogP) is 4.10. The average molecular weight is 280 g/mol. The highest BCUT2D eigenvalue weighted by Gasteiger charge is 2.36. The summed E-state index contributed by atoms with van der Waals surface area (Å²) in [6.45, 7) is 6.23. The van der Waals surface area contributed by atoms with Crippen LogP contribution in [0.25, 0.3) is 0 Å². The fourth-order valence-electron chi connectivity index (χ4n) is 4.15. The second-order valence-corrected chi connectivity index (χ2v) is 6.47. The van der Waals surface area contributed by atoms with Crippen LogP contribution in [0.5, 0.6) is 0 Å². The van der Waals surface area contributed by atoms with E-state index in [1.54, 1.807) is 0 Å². The topological polar surface area (TPSA) is 52.0 Å². The van der Waals surface area contributed by atoms with E-state index in [-0.39, 0.29) is 0 Å².